The van der Waals surface area contributed by atoms with Crippen LogP contribution in [0.25, 0.3) is 11.3 Å². The normalized spacial score (nSPS) is 16.1. The second-order valence-corrected chi connectivity index (χ2v) is 6.26. The Morgan fingerprint density at radius 1 is 1.33 bits per heavy atom. The van der Waals surface area contributed by atoms with Crippen LogP contribution >= 0.6 is 24.8 Å². The number of rotatable bonds is 6. The van der Waals surface area contributed by atoms with Crippen LogP contribution in [-0.4, -0.2) is 30.5 Å². The summed E-state index contributed by atoms with van der Waals surface area (Å²) in [6, 6.07) is 3.26. The maximum Gasteiger partial charge on any atom is 0.220 e. The van der Waals surface area contributed by atoms with E-state index in [-0.39, 0.29) is 48.5 Å². The Morgan fingerprint density at radius 3 is 2.85 bits per heavy atom. The van der Waals surface area contributed by atoms with E-state index in [1.165, 1.54) is 12.3 Å². The molecule has 1 aliphatic rings. The van der Waals surface area contributed by atoms with Gasteiger partial charge in [-0.1, -0.05) is 0 Å². The summed E-state index contributed by atoms with van der Waals surface area (Å²) in [7, 11) is 0. The number of halogens is 4. The fourth-order valence-electron chi connectivity index (χ4n) is 2.90. The summed E-state index contributed by atoms with van der Waals surface area (Å²) in [5, 5.41) is 6.24. The molecule has 5 nitrogen and oxygen atoms in total. The molecule has 1 atom stereocenters. The van der Waals surface area contributed by atoms with Crippen LogP contribution in [0, 0.1) is 17.6 Å². The third-order valence-electron chi connectivity index (χ3n) is 4.30. The fraction of sp³-hybridized carbons (Fsp3) is 0.444. The Kier molecular flexibility index (Phi) is 9.69. The number of carbonyl (C=O) groups is 1. The Balaban J connectivity index is 0.00000182. The van der Waals surface area contributed by atoms with Crippen LogP contribution in [-0.2, 0) is 11.2 Å². The molecule has 0 bridgehead atoms. The first-order valence-electron chi connectivity index (χ1n) is 8.49. The van der Waals surface area contributed by atoms with Crippen LogP contribution in [0.2, 0.25) is 0 Å². The lowest BCUT2D eigenvalue weighted by molar-refractivity contribution is -0.121. The van der Waals surface area contributed by atoms with Gasteiger partial charge in [0, 0.05) is 25.5 Å². The molecular weight excluding hydrogens is 399 g/mol. The van der Waals surface area contributed by atoms with Gasteiger partial charge >= 0.3 is 0 Å². The lowest BCUT2D eigenvalue weighted by Crippen LogP contribution is -2.38. The zero-order valence-corrected chi connectivity index (χ0v) is 16.3. The minimum Gasteiger partial charge on any atom is -0.441 e. The lowest BCUT2D eigenvalue weighted by atomic mass is 10.00. The highest BCUT2D eigenvalue weighted by molar-refractivity contribution is 5.85. The summed E-state index contributed by atoms with van der Waals surface area (Å²) in [4.78, 5) is 16.0. The molecule has 1 unspecified atom stereocenters. The number of benzene rings is 1. The standard InChI is InChI=1S/C18H21F2N3O2.2ClH/c19-13-3-4-14(15(20)8-13)16-11-23-18(25-16)6-5-17(24)22-10-12-2-1-7-21-9-12;;/h3-4,8,11-12,21H,1-2,5-7,9-10H2,(H,22,24);2*1H. The van der Waals surface area contributed by atoms with Gasteiger partial charge in [0.05, 0.1) is 11.8 Å². The van der Waals surface area contributed by atoms with Gasteiger partial charge in [-0.05, 0) is 44.0 Å². The highest BCUT2D eigenvalue weighted by Crippen LogP contribution is 2.24. The van der Waals surface area contributed by atoms with Crippen LogP contribution in [0.15, 0.2) is 28.8 Å². The first-order valence-corrected chi connectivity index (χ1v) is 8.49. The van der Waals surface area contributed by atoms with Gasteiger partial charge in [0.2, 0.25) is 5.91 Å². The van der Waals surface area contributed by atoms with Gasteiger partial charge in [-0.25, -0.2) is 13.8 Å². The number of piperidine rings is 1. The van der Waals surface area contributed by atoms with E-state index in [2.05, 4.69) is 15.6 Å². The first-order chi connectivity index (χ1) is 12.1. The molecule has 1 saturated heterocycles. The number of aromatic nitrogens is 1. The van der Waals surface area contributed by atoms with Crippen molar-refractivity contribution in [1.82, 2.24) is 15.6 Å². The Labute approximate surface area is 169 Å². The molecule has 1 amide bonds. The van der Waals surface area contributed by atoms with E-state index in [0.717, 1.165) is 38.1 Å². The van der Waals surface area contributed by atoms with Crippen molar-refractivity contribution in [2.75, 3.05) is 19.6 Å². The Hall–Kier alpha value is -1.70. The van der Waals surface area contributed by atoms with Crippen molar-refractivity contribution in [3.05, 3.63) is 41.9 Å². The molecule has 27 heavy (non-hydrogen) atoms. The lowest BCUT2D eigenvalue weighted by Gasteiger charge is -2.22. The minimum atomic E-state index is -0.707. The molecule has 1 aromatic carbocycles. The van der Waals surface area contributed by atoms with Crippen molar-refractivity contribution in [2.45, 2.75) is 25.7 Å². The van der Waals surface area contributed by atoms with E-state index < -0.39 is 11.6 Å². The molecule has 1 aliphatic heterocycles. The summed E-state index contributed by atoms with van der Waals surface area (Å²) < 4.78 is 32.2. The first kappa shape index (κ1) is 23.3. The number of hydrogen-bond acceptors (Lipinski definition) is 4. The predicted molar refractivity (Wildman–Crippen MR) is 103 cm³/mol. The largest absolute Gasteiger partial charge is 0.441 e. The zero-order chi connectivity index (χ0) is 17.6. The van der Waals surface area contributed by atoms with Crippen LogP contribution < -0.4 is 10.6 Å². The maximum absolute atomic E-state index is 13.7. The number of hydrogen-bond donors (Lipinski definition) is 2. The molecule has 2 aromatic rings. The van der Waals surface area contributed by atoms with Gasteiger partial charge in [0.25, 0.3) is 0 Å². The van der Waals surface area contributed by atoms with E-state index >= 15 is 0 Å². The van der Waals surface area contributed by atoms with E-state index in [9.17, 15) is 13.6 Å². The number of oxazole rings is 1. The van der Waals surface area contributed by atoms with Crippen molar-refractivity contribution in [3.8, 4) is 11.3 Å². The second-order valence-electron chi connectivity index (χ2n) is 6.26. The number of aryl methyl sites for hydroxylation is 1. The summed E-state index contributed by atoms with van der Waals surface area (Å²) in [6.45, 7) is 2.65. The number of nitrogens with zero attached hydrogens (tertiary/aromatic N) is 1. The van der Waals surface area contributed by atoms with E-state index in [1.807, 2.05) is 0 Å². The summed E-state index contributed by atoms with van der Waals surface area (Å²) in [6.07, 6.45) is 4.24. The maximum atomic E-state index is 13.7. The average molecular weight is 422 g/mol. The van der Waals surface area contributed by atoms with Crippen LogP contribution in [0.5, 0.6) is 0 Å². The van der Waals surface area contributed by atoms with Gasteiger partial charge in [-0.2, -0.15) is 0 Å². The van der Waals surface area contributed by atoms with E-state index in [0.29, 0.717) is 24.8 Å². The molecule has 1 fully saturated rings. The molecule has 150 valence electrons. The van der Waals surface area contributed by atoms with Crippen molar-refractivity contribution in [3.63, 3.8) is 0 Å². The van der Waals surface area contributed by atoms with Crippen molar-refractivity contribution in [1.29, 1.82) is 0 Å². The third kappa shape index (κ3) is 6.75. The average Bonchev–Trinajstić information content (AvgIpc) is 3.08. The van der Waals surface area contributed by atoms with Crippen LogP contribution in [0.3, 0.4) is 0 Å². The van der Waals surface area contributed by atoms with Crippen LogP contribution in [0.4, 0.5) is 8.78 Å². The number of carbonyl (C=O) groups excluding carboxylic acids is 1. The van der Waals surface area contributed by atoms with Crippen molar-refractivity contribution >= 4 is 30.7 Å². The number of nitrogens with one attached hydrogen (secondary N) is 2. The van der Waals surface area contributed by atoms with E-state index in [4.69, 9.17) is 4.42 Å². The van der Waals surface area contributed by atoms with Gasteiger partial charge in [0.15, 0.2) is 11.7 Å². The van der Waals surface area contributed by atoms with Crippen molar-refractivity contribution < 1.29 is 18.0 Å². The summed E-state index contributed by atoms with van der Waals surface area (Å²) in [5.74, 6) is -0.354. The molecule has 2 heterocycles. The molecular formula is C18H23Cl2F2N3O2. The molecule has 9 heteroatoms. The van der Waals surface area contributed by atoms with Crippen molar-refractivity contribution in [2.24, 2.45) is 5.92 Å². The van der Waals surface area contributed by atoms with Crippen LogP contribution in [0.1, 0.15) is 25.2 Å². The SMILES string of the molecule is Cl.Cl.O=C(CCc1ncc(-c2ccc(F)cc2F)o1)NCC1CCCNC1. The smallest absolute Gasteiger partial charge is 0.220 e. The Morgan fingerprint density at radius 2 is 2.15 bits per heavy atom. The molecule has 0 saturated carbocycles. The monoisotopic (exact) mass is 421 g/mol. The fourth-order valence-corrected chi connectivity index (χ4v) is 2.90. The second kappa shape index (κ2) is 11.2. The predicted octanol–water partition coefficient (Wildman–Crippen LogP) is 3.51. The van der Waals surface area contributed by atoms with E-state index in [1.54, 1.807) is 0 Å². The summed E-state index contributed by atoms with van der Waals surface area (Å²) >= 11 is 0. The highest BCUT2D eigenvalue weighted by atomic mass is 35.5. The third-order valence-corrected chi connectivity index (χ3v) is 4.30. The molecule has 1 aromatic heterocycles. The molecule has 2 N–H and O–H groups in total. The number of amides is 1. The van der Waals surface area contributed by atoms with Gasteiger partial charge in [0.1, 0.15) is 11.6 Å². The zero-order valence-electron chi connectivity index (χ0n) is 14.7. The Bertz CT molecular complexity index is 737. The van der Waals surface area contributed by atoms with Gasteiger partial charge in [-0.15, -0.1) is 24.8 Å². The molecule has 3 rings (SSSR count). The molecule has 0 aliphatic carbocycles. The topological polar surface area (TPSA) is 67.2 Å². The van der Waals surface area contributed by atoms with Gasteiger partial charge in [-0.3, -0.25) is 4.79 Å². The minimum absolute atomic E-state index is 0. The molecule has 0 spiro atoms. The van der Waals surface area contributed by atoms with Gasteiger partial charge < -0.3 is 15.1 Å². The summed E-state index contributed by atoms with van der Waals surface area (Å²) in [5.41, 5.74) is 0.148. The quantitative estimate of drug-likeness (QED) is 0.748. The molecule has 0 radical (unpaired) electrons. The highest BCUT2D eigenvalue weighted by Gasteiger charge is 2.15.